The van der Waals surface area contributed by atoms with Crippen LogP contribution in [-0.2, 0) is 4.79 Å². The van der Waals surface area contributed by atoms with Crippen LogP contribution in [0.2, 0.25) is 0 Å². The van der Waals surface area contributed by atoms with Gasteiger partial charge < -0.3 is 5.32 Å². The molecule has 0 radical (unpaired) electrons. The van der Waals surface area contributed by atoms with E-state index in [1.807, 2.05) is 0 Å². The number of ketones is 1. The summed E-state index contributed by atoms with van der Waals surface area (Å²) in [4.78, 5) is 25.0. The number of amides is 1. The summed E-state index contributed by atoms with van der Waals surface area (Å²) in [5.74, 6) is -0.591. The molecule has 1 aromatic carbocycles. The molecule has 82 valence electrons. The van der Waals surface area contributed by atoms with Crippen molar-refractivity contribution in [3.8, 4) is 0 Å². The third-order valence-electron chi connectivity index (χ3n) is 1.86. The minimum atomic E-state index is -0.452. The molecular formula is C10H10N4O2. The molecule has 1 amide bonds. The van der Waals surface area contributed by atoms with Crippen molar-refractivity contribution in [1.29, 1.82) is 0 Å². The second-order valence-corrected chi connectivity index (χ2v) is 3.04. The second-order valence-electron chi connectivity index (χ2n) is 3.04. The van der Waals surface area contributed by atoms with E-state index in [2.05, 4.69) is 15.3 Å². The second kappa shape index (κ2) is 5.53. The minimum absolute atomic E-state index is 0.139. The van der Waals surface area contributed by atoms with Crippen molar-refractivity contribution in [2.24, 2.45) is 5.11 Å². The number of hydrogen-bond donors (Lipinski definition) is 1. The van der Waals surface area contributed by atoms with Gasteiger partial charge in [0.15, 0.2) is 5.78 Å². The first-order valence-electron chi connectivity index (χ1n) is 4.56. The highest BCUT2D eigenvalue weighted by Gasteiger charge is 2.08. The summed E-state index contributed by atoms with van der Waals surface area (Å²) < 4.78 is 0. The van der Waals surface area contributed by atoms with Crippen molar-refractivity contribution in [2.75, 3.05) is 11.9 Å². The molecule has 0 aromatic heterocycles. The molecule has 1 N–H and O–H groups in total. The van der Waals surface area contributed by atoms with Gasteiger partial charge in [0, 0.05) is 10.5 Å². The van der Waals surface area contributed by atoms with Crippen molar-refractivity contribution in [3.63, 3.8) is 0 Å². The zero-order valence-electron chi connectivity index (χ0n) is 8.67. The maximum atomic E-state index is 11.3. The Morgan fingerprint density at radius 3 is 2.75 bits per heavy atom. The van der Waals surface area contributed by atoms with E-state index in [1.54, 1.807) is 24.3 Å². The van der Waals surface area contributed by atoms with Gasteiger partial charge in [0.25, 0.3) is 0 Å². The standard InChI is InChI=1S/C10H10N4O2/c1-7(15)8-4-2-3-5-9(8)13-10(16)6-12-14-11/h2-5H,6H2,1H3,(H,13,16). The Kier molecular flexibility index (Phi) is 4.06. The summed E-state index contributed by atoms with van der Waals surface area (Å²) in [6, 6.07) is 6.64. The first-order valence-corrected chi connectivity index (χ1v) is 4.56. The molecule has 6 heteroatoms. The van der Waals surface area contributed by atoms with Crippen LogP contribution < -0.4 is 5.32 Å². The lowest BCUT2D eigenvalue weighted by Crippen LogP contribution is -2.16. The molecule has 1 rings (SSSR count). The Morgan fingerprint density at radius 1 is 1.44 bits per heavy atom. The highest BCUT2D eigenvalue weighted by atomic mass is 16.2. The lowest BCUT2D eigenvalue weighted by Gasteiger charge is -2.07. The monoisotopic (exact) mass is 218 g/mol. The van der Waals surface area contributed by atoms with Gasteiger partial charge in [-0.05, 0) is 24.6 Å². The van der Waals surface area contributed by atoms with Gasteiger partial charge in [-0.25, -0.2) is 0 Å². The van der Waals surface area contributed by atoms with Crippen LogP contribution in [0.4, 0.5) is 5.69 Å². The smallest absolute Gasteiger partial charge is 0.230 e. The van der Waals surface area contributed by atoms with Crippen LogP contribution in [0.25, 0.3) is 10.4 Å². The Labute approximate surface area is 91.9 Å². The summed E-state index contributed by atoms with van der Waals surface area (Å²) >= 11 is 0. The number of benzene rings is 1. The van der Waals surface area contributed by atoms with Gasteiger partial charge in [-0.3, -0.25) is 9.59 Å². The Bertz CT molecular complexity index is 464. The minimum Gasteiger partial charge on any atom is -0.325 e. The zero-order chi connectivity index (χ0) is 12.0. The fourth-order valence-corrected chi connectivity index (χ4v) is 1.18. The number of rotatable bonds is 4. The van der Waals surface area contributed by atoms with E-state index in [4.69, 9.17) is 5.53 Å². The summed E-state index contributed by atoms with van der Waals surface area (Å²) in [5, 5.41) is 5.63. The summed E-state index contributed by atoms with van der Waals surface area (Å²) in [5.41, 5.74) is 8.90. The van der Waals surface area contributed by atoms with E-state index in [0.29, 0.717) is 11.3 Å². The Balaban J connectivity index is 2.84. The zero-order valence-corrected chi connectivity index (χ0v) is 8.67. The molecule has 0 saturated carbocycles. The number of carbonyl (C=O) groups excluding carboxylic acids is 2. The van der Waals surface area contributed by atoms with Gasteiger partial charge in [-0.15, -0.1) is 0 Å². The fraction of sp³-hybridized carbons (Fsp3) is 0.200. The van der Waals surface area contributed by atoms with E-state index in [9.17, 15) is 9.59 Å². The molecule has 0 saturated heterocycles. The molecule has 16 heavy (non-hydrogen) atoms. The van der Waals surface area contributed by atoms with Crippen LogP contribution >= 0.6 is 0 Å². The third kappa shape index (κ3) is 3.11. The SMILES string of the molecule is CC(=O)c1ccccc1NC(=O)CN=[N+]=[N-]. The van der Waals surface area contributed by atoms with E-state index >= 15 is 0 Å². The summed E-state index contributed by atoms with van der Waals surface area (Å²) in [6.45, 7) is 1.13. The molecule has 0 bridgehead atoms. The number of hydrogen-bond acceptors (Lipinski definition) is 3. The largest absolute Gasteiger partial charge is 0.325 e. The van der Waals surface area contributed by atoms with Crippen LogP contribution in [-0.4, -0.2) is 18.2 Å². The quantitative estimate of drug-likeness (QED) is 0.362. The number of azide groups is 1. The normalized spacial score (nSPS) is 9.06. The maximum absolute atomic E-state index is 11.3. The topological polar surface area (TPSA) is 94.9 Å². The molecule has 0 aliphatic rings. The Morgan fingerprint density at radius 2 is 2.12 bits per heavy atom. The van der Waals surface area contributed by atoms with Gasteiger partial charge in [0.05, 0.1) is 5.69 Å². The average molecular weight is 218 g/mol. The van der Waals surface area contributed by atoms with E-state index < -0.39 is 5.91 Å². The molecule has 0 aliphatic carbocycles. The highest BCUT2D eigenvalue weighted by molar-refractivity contribution is 6.04. The van der Waals surface area contributed by atoms with Crippen molar-refractivity contribution in [3.05, 3.63) is 40.3 Å². The van der Waals surface area contributed by atoms with Crippen molar-refractivity contribution >= 4 is 17.4 Å². The molecule has 0 unspecified atom stereocenters. The van der Waals surface area contributed by atoms with Crippen LogP contribution in [0.1, 0.15) is 17.3 Å². The maximum Gasteiger partial charge on any atom is 0.230 e. The number of Topliss-reactive ketones (excluding diaryl/α,β-unsaturated/α-hetero) is 1. The first-order chi connectivity index (χ1) is 7.65. The van der Waals surface area contributed by atoms with Crippen LogP contribution in [0.5, 0.6) is 0 Å². The van der Waals surface area contributed by atoms with E-state index in [0.717, 1.165) is 0 Å². The number of carbonyl (C=O) groups is 2. The number of nitrogens with one attached hydrogen (secondary N) is 1. The van der Waals surface area contributed by atoms with Gasteiger partial charge in [0.2, 0.25) is 5.91 Å². The molecule has 0 heterocycles. The Hall–Kier alpha value is -2.33. The third-order valence-corrected chi connectivity index (χ3v) is 1.86. The highest BCUT2D eigenvalue weighted by Crippen LogP contribution is 2.15. The molecule has 1 aromatic rings. The first kappa shape index (κ1) is 11.7. The van der Waals surface area contributed by atoms with Crippen molar-refractivity contribution < 1.29 is 9.59 Å². The lowest BCUT2D eigenvalue weighted by molar-refractivity contribution is -0.114. The van der Waals surface area contributed by atoms with Gasteiger partial charge in [0.1, 0.15) is 6.54 Å². The van der Waals surface area contributed by atoms with E-state index in [1.165, 1.54) is 6.92 Å². The lowest BCUT2D eigenvalue weighted by atomic mass is 10.1. The summed E-state index contributed by atoms with van der Waals surface area (Å²) in [7, 11) is 0. The molecule has 0 aliphatic heterocycles. The molecule has 6 nitrogen and oxygen atoms in total. The number of para-hydroxylation sites is 1. The molecule has 0 atom stereocenters. The van der Waals surface area contributed by atoms with Gasteiger partial charge in [-0.2, -0.15) is 0 Å². The van der Waals surface area contributed by atoms with Crippen molar-refractivity contribution in [2.45, 2.75) is 6.92 Å². The molecular weight excluding hydrogens is 208 g/mol. The van der Waals surface area contributed by atoms with E-state index in [-0.39, 0.29) is 12.3 Å². The van der Waals surface area contributed by atoms with Gasteiger partial charge in [-0.1, -0.05) is 17.2 Å². The average Bonchev–Trinajstić information content (AvgIpc) is 2.27. The number of anilines is 1. The summed E-state index contributed by atoms with van der Waals surface area (Å²) in [6.07, 6.45) is 0. The predicted octanol–water partition coefficient (Wildman–Crippen LogP) is 2.14. The van der Waals surface area contributed by atoms with Crippen molar-refractivity contribution in [1.82, 2.24) is 0 Å². The van der Waals surface area contributed by atoms with Crippen LogP contribution in [0.15, 0.2) is 29.4 Å². The number of nitrogens with zero attached hydrogens (tertiary/aromatic N) is 3. The molecule has 0 fully saturated rings. The van der Waals surface area contributed by atoms with Crippen LogP contribution in [0.3, 0.4) is 0 Å². The molecule has 0 spiro atoms. The van der Waals surface area contributed by atoms with Crippen LogP contribution in [0, 0.1) is 0 Å². The fourth-order valence-electron chi connectivity index (χ4n) is 1.18. The van der Waals surface area contributed by atoms with Gasteiger partial charge >= 0.3 is 0 Å². The predicted molar refractivity (Wildman–Crippen MR) is 59.1 cm³/mol.